The average Bonchev–Trinajstić information content (AvgIpc) is 2.42. The Hall–Kier alpha value is -0.120. The van der Waals surface area contributed by atoms with Gasteiger partial charge in [0.2, 0.25) is 0 Å². The van der Waals surface area contributed by atoms with Crippen molar-refractivity contribution in [1.82, 2.24) is 10.6 Å². The third-order valence-corrected chi connectivity index (χ3v) is 2.67. The molecular weight excluding hydrogens is 164 g/mol. The van der Waals surface area contributed by atoms with Crippen molar-refractivity contribution in [2.75, 3.05) is 26.7 Å². The van der Waals surface area contributed by atoms with Gasteiger partial charge in [-0.25, -0.2) is 0 Å². The first-order chi connectivity index (χ1) is 6.33. The average molecular weight is 186 g/mol. The van der Waals surface area contributed by atoms with E-state index >= 15 is 0 Å². The Morgan fingerprint density at radius 1 is 1.46 bits per heavy atom. The largest absolute Gasteiger partial charge is 0.380 e. The van der Waals surface area contributed by atoms with E-state index in [9.17, 15) is 0 Å². The van der Waals surface area contributed by atoms with Crippen LogP contribution in [0.1, 0.15) is 26.2 Å². The molecular formula is C10H22N2O. The van der Waals surface area contributed by atoms with E-state index in [1.54, 1.807) is 7.11 Å². The highest BCUT2D eigenvalue weighted by Gasteiger charge is 2.11. The minimum Gasteiger partial charge on any atom is -0.380 e. The summed E-state index contributed by atoms with van der Waals surface area (Å²) in [5, 5.41) is 6.95. The van der Waals surface area contributed by atoms with Gasteiger partial charge in [0, 0.05) is 19.7 Å². The summed E-state index contributed by atoms with van der Waals surface area (Å²) in [7, 11) is 1.76. The van der Waals surface area contributed by atoms with E-state index in [0.717, 1.165) is 13.1 Å². The van der Waals surface area contributed by atoms with Gasteiger partial charge in [0.1, 0.15) is 0 Å². The number of hydrogen-bond donors (Lipinski definition) is 2. The van der Waals surface area contributed by atoms with Crippen molar-refractivity contribution in [3.8, 4) is 0 Å². The summed E-state index contributed by atoms with van der Waals surface area (Å²) < 4.78 is 5.19. The molecule has 0 aromatic rings. The number of ether oxygens (including phenoxy) is 1. The van der Waals surface area contributed by atoms with Crippen LogP contribution in [0.5, 0.6) is 0 Å². The predicted octanol–water partition coefficient (Wildman–Crippen LogP) is 0.753. The highest BCUT2D eigenvalue weighted by atomic mass is 16.5. The minimum absolute atomic E-state index is 0.330. The van der Waals surface area contributed by atoms with Gasteiger partial charge in [-0.15, -0.1) is 0 Å². The maximum atomic E-state index is 5.19. The van der Waals surface area contributed by atoms with Crippen molar-refractivity contribution >= 4 is 0 Å². The van der Waals surface area contributed by atoms with Gasteiger partial charge in [0.05, 0.1) is 6.10 Å². The summed E-state index contributed by atoms with van der Waals surface area (Å²) in [6.07, 6.45) is 4.16. The zero-order chi connectivity index (χ0) is 9.52. The van der Waals surface area contributed by atoms with E-state index in [1.807, 2.05) is 0 Å². The molecule has 1 saturated heterocycles. The van der Waals surface area contributed by atoms with Crippen molar-refractivity contribution in [2.45, 2.75) is 38.3 Å². The van der Waals surface area contributed by atoms with E-state index in [2.05, 4.69) is 17.6 Å². The van der Waals surface area contributed by atoms with E-state index in [-0.39, 0.29) is 0 Å². The first-order valence-electron chi connectivity index (χ1n) is 5.30. The van der Waals surface area contributed by atoms with Crippen molar-refractivity contribution in [1.29, 1.82) is 0 Å². The Labute approximate surface area is 81.2 Å². The fourth-order valence-corrected chi connectivity index (χ4v) is 1.64. The molecule has 2 unspecified atom stereocenters. The highest BCUT2D eigenvalue weighted by Crippen LogP contribution is 2.04. The third kappa shape index (κ3) is 4.60. The molecule has 0 amide bonds. The molecule has 2 atom stereocenters. The summed E-state index contributed by atoms with van der Waals surface area (Å²) >= 11 is 0. The zero-order valence-electron chi connectivity index (χ0n) is 8.81. The second-order valence-corrected chi connectivity index (χ2v) is 3.83. The molecule has 0 aromatic heterocycles. The molecule has 0 aromatic carbocycles. The Balaban J connectivity index is 2.11. The van der Waals surface area contributed by atoms with Crippen LogP contribution in [0.2, 0.25) is 0 Å². The van der Waals surface area contributed by atoms with Crippen LogP contribution < -0.4 is 10.6 Å². The first-order valence-corrected chi connectivity index (χ1v) is 5.30. The van der Waals surface area contributed by atoms with Crippen LogP contribution in [-0.4, -0.2) is 38.9 Å². The lowest BCUT2D eigenvalue weighted by Crippen LogP contribution is -2.35. The van der Waals surface area contributed by atoms with E-state index < -0.39 is 0 Å². The van der Waals surface area contributed by atoms with Gasteiger partial charge in [0.25, 0.3) is 0 Å². The van der Waals surface area contributed by atoms with Gasteiger partial charge in [-0.05, 0) is 39.3 Å². The molecule has 1 heterocycles. The highest BCUT2D eigenvalue weighted by molar-refractivity contribution is 4.73. The maximum Gasteiger partial charge on any atom is 0.0667 e. The molecule has 3 heteroatoms. The Bertz CT molecular complexity index is 122. The van der Waals surface area contributed by atoms with Gasteiger partial charge >= 0.3 is 0 Å². The molecule has 3 nitrogen and oxygen atoms in total. The molecule has 0 spiro atoms. The molecule has 78 valence electrons. The fourth-order valence-electron chi connectivity index (χ4n) is 1.64. The van der Waals surface area contributed by atoms with E-state index in [4.69, 9.17) is 4.74 Å². The molecule has 0 aliphatic carbocycles. The lowest BCUT2D eigenvalue weighted by molar-refractivity contribution is 0.113. The maximum absolute atomic E-state index is 5.19. The molecule has 0 saturated carbocycles. The Morgan fingerprint density at radius 2 is 2.31 bits per heavy atom. The normalized spacial score (nSPS) is 26.8. The molecule has 13 heavy (non-hydrogen) atoms. The van der Waals surface area contributed by atoms with Gasteiger partial charge in [-0.2, -0.15) is 0 Å². The molecule has 1 aliphatic heterocycles. The molecule has 0 radical (unpaired) electrons. The van der Waals surface area contributed by atoms with Crippen LogP contribution in [0.15, 0.2) is 0 Å². The number of methoxy groups -OCH3 is 1. The van der Waals surface area contributed by atoms with Gasteiger partial charge in [0.15, 0.2) is 0 Å². The molecule has 2 N–H and O–H groups in total. The van der Waals surface area contributed by atoms with Crippen molar-refractivity contribution < 1.29 is 4.74 Å². The fraction of sp³-hybridized carbons (Fsp3) is 1.00. The van der Waals surface area contributed by atoms with Gasteiger partial charge in [-0.3, -0.25) is 0 Å². The molecule has 1 aliphatic rings. The number of nitrogens with one attached hydrogen (secondary N) is 2. The van der Waals surface area contributed by atoms with Crippen molar-refractivity contribution in [2.24, 2.45) is 0 Å². The van der Waals surface area contributed by atoms with Crippen LogP contribution in [0.25, 0.3) is 0 Å². The molecule has 1 fully saturated rings. The SMILES string of the molecule is COC(C)CNC1CCCNCC1. The van der Waals surface area contributed by atoms with E-state index in [0.29, 0.717) is 12.1 Å². The molecule has 0 bridgehead atoms. The van der Waals surface area contributed by atoms with Crippen molar-refractivity contribution in [3.05, 3.63) is 0 Å². The second-order valence-electron chi connectivity index (χ2n) is 3.83. The summed E-state index contributed by atoms with van der Waals surface area (Å²) in [5.41, 5.74) is 0. The topological polar surface area (TPSA) is 33.3 Å². The lowest BCUT2D eigenvalue weighted by Gasteiger charge is -2.18. The van der Waals surface area contributed by atoms with Crippen LogP contribution in [-0.2, 0) is 4.74 Å². The quantitative estimate of drug-likeness (QED) is 0.680. The first kappa shape index (κ1) is 11.0. The Kier molecular flexibility index (Phi) is 5.35. The lowest BCUT2D eigenvalue weighted by atomic mass is 10.1. The van der Waals surface area contributed by atoms with Gasteiger partial charge in [-0.1, -0.05) is 0 Å². The predicted molar refractivity (Wildman–Crippen MR) is 55.0 cm³/mol. The Morgan fingerprint density at radius 3 is 3.08 bits per heavy atom. The van der Waals surface area contributed by atoms with Crippen LogP contribution in [0.3, 0.4) is 0 Å². The summed E-state index contributed by atoms with van der Waals surface area (Å²) in [6, 6.07) is 0.688. The minimum atomic E-state index is 0.330. The summed E-state index contributed by atoms with van der Waals surface area (Å²) in [6.45, 7) is 5.40. The standard InChI is InChI=1S/C10H22N2O/c1-9(13-2)8-12-10-4-3-6-11-7-5-10/h9-12H,3-8H2,1-2H3. The summed E-state index contributed by atoms with van der Waals surface area (Å²) in [5.74, 6) is 0. The zero-order valence-corrected chi connectivity index (χ0v) is 8.81. The van der Waals surface area contributed by atoms with E-state index in [1.165, 1.54) is 25.8 Å². The van der Waals surface area contributed by atoms with Crippen molar-refractivity contribution in [3.63, 3.8) is 0 Å². The third-order valence-electron chi connectivity index (χ3n) is 2.67. The number of hydrogen-bond acceptors (Lipinski definition) is 3. The van der Waals surface area contributed by atoms with Crippen LogP contribution in [0.4, 0.5) is 0 Å². The second kappa shape index (κ2) is 6.35. The van der Waals surface area contributed by atoms with Gasteiger partial charge < -0.3 is 15.4 Å². The number of rotatable bonds is 4. The van der Waals surface area contributed by atoms with Crippen LogP contribution >= 0.6 is 0 Å². The van der Waals surface area contributed by atoms with Crippen LogP contribution in [0, 0.1) is 0 Å². The smallest absolute Gasteiger partial charge is 0.0667 e. The summed E-state index contributed by atoms with van der Waals surface area (Å²) in [4.78, 5) is 0. The molecule has 1 rings (SSSR count). The monoisotopic (exact) mass is 186 g/mol.